The van der Waals surface area contributed by atoms with Gasteiger partial charge in [-0.1, -0.05) is 22.7 Å². The molecule has 0 saturated heterocycles. The molecule has 1 aliphatic rings. The molecule has 3 aromatic rings. The molecule has 2 N–H and O–H groups in total. The molecule has 1 amide bonds. The summed E-state index contributed by atoms with van der Waals surface area (Å²) < 4.78 is 37.9. The van der Waals surface area contributed by atoms with Gasteiger partial charge < -0.3 is 10.1 Å². The van der Waals surface area contributed by atoms with Crippen molar-refractivity contribution in [1.82, 2.24) is 14.6 Å². The maximum atomic E-state index is 13.1. The predicted molar refractivity (Wildman–Crippen MR) is 117 cm³/mol. The second-order valence-corrected chi connectivity index (χ2v) is 9.72. The fourth-order valence-corrected chi connectivity index (χ4v) is 5.17. The van der Waals surface area contributed by atoms with Crippen LogP contribution in [0.25, 0.3) is 0 Å². The number of nitrogens with zero attached hydrogens (tertiary/aromatic N) is 3. The molecule has 0 spiro atoms. The molecule has 1 fully saturated rings. The Balaban J connectivity index is 1.64. The molecular weight excluding hydrogens is 438 g/mol. The number of hydrogen-bond donors (Lipinski definition) is 2. The smallest absolute Gasteiger partial charge is 0.269 e. The van der Waals surface area contributed by atoms with E-state index < -0.39 is 15.9 Å². The van der Waals surface area contributed by atoms with Crippen LogP contribution in [0.15, 0.2) is 35.4 Å². The van der Waals surface area contributed by atoms with Crippen molar-refractivity contribution in [2.75, 3.05) is 17.1 Å². The van der Waals surface area contributed by atoms with Crippen molar-refractivity contribution in [2.45, 2.75) is 37.5 Å². The van der Waals surface area contributed by atoms with Crippen LogP contribution in [0.4, 0.5) is 11.4 Å². The third kappa shape index (κ3) is 4.37. The van der Waals surface area contributed by atoms with E-state index in [1.165, 1.54) is 19.4 Å². The van der Waals surface area contributed by atoms with E-state index in [-0.39, 0.29) is 22.4 Å². The number of amides is 1. The Hall–Kier alpha value is -3.05. The minimum absolute atomic E-state index is 0.0742. The maximum absolute atomic E-state index is 13.1. The van der Waals surface area contributed by atoms with E-state index >= 15 is 0 Å². The van der Waals surface area contributed by atoms with Crippen LogP contribution in [0.1, 0.15) is 45.3 Å². The molecule has 0 bridgehead atoms. The van der Waals surface area contributed by atoms with Gasteiger partial charge in [0, 0.05) is 5.92 Å². The fraction of sp³-hybridized carbons (Fsp3) is 0.300. The van der Waals surface area contributed by atoms with Crippen molar-refractivity contribution in [3.63, 3.8) is 0 Å². The van der Waals surface area contributed by atoms with E-state index in [1.54, 1.807) is 0 Å². The van der Waals surface area contributed by atoms with Crippen molar-refractivity contribution >= 4 is 38.8 Å². The summed E-state index contributed by atoms with van der Waals surface area (Å²) >= 11 is 1.02. The normalized spacial score (nSPS) is 13.6. The van der Waals surface area contributed by atoms with Gasteiger partial charge in [0.1, 0.15) is 4.88 Å². The number of rotatable bonds is 7. The first-order chi connectivity index (χ1) is 14.8. The van der Waals surface area contributed by atoms with Gasteiger partial charge in [0.2, 0.25) is 5.88 Å². The van der Waals surface area contributed by atoms with Crippen LogP contribution >= 0.6 is 11.5 Å². The number of ether oxygens (including phenoxy) is 1. The zero-order valence-corrected chi connectivity index (χ0v) is 18.8. The lowest BCUT2D eigenvalue weighted by Crippen LogP contribution is -2.18. The molecule has 1 saturated carbocycles. The number of carbonyl (C=O) groups is 1. The second-order valence-electron chi connectivity index (χ2n) is 7.32. The zero-order valence-electron chi connectivity index (χ0n) is 17.2. The Labute approximate surface area is 184 Å². The summed E-state index contributed by atoms with van der Waals surface area (Å²) in [6.07, 6.45) is 3.32. The quantitative estimate of drug-likeness (QED) is 0.554. The first kappa shape index (κ1) is 21.2. The monoisotopic (exact) mass is 459 g/mol. The predicted octanol–water partition coefficient (Wildman–Crippen LogP) is 3.49. The van der Waals surface area contributed by atoms with Crippen LogP contribution in [-0.4, -0.2) is 36.0 Å². The van der Waals surface area contributed by atoms with E-state index in [4.69, 9.17) is 4.74 Å². The van der Waals surface area contributed by atoms with E-state index in [9.17, 15) is 13.2 Å². The third-order valence-electron chi connectivity index (χ3n) is 4.96. The van der Waals surface area contributed by atoms with E-state index in [2.05, 4.69) is 24.6 Å². The van der Waals surface area contributed by atoms with Crippen molar-refractivity contribution < 1.29 is 17.9 Å². The van der Waals surface area contributed by atoms with Gasteiger partial charge in [-0.2, -0.15) is 0 Å². The summed E-state index contributed by atoms with van der Waals surface area (Å²) in [4.78, 5) is 17.0. The number of anilines is 2. The lowest BCUT2D eigenvalue weighted by Gasteiger charge is -2.15. The lowest BCUT2D eigenvalue weighted by molar-refractivity contribution is 0.102. The average Bonchev–Trinajstić information content (AvgIpc) is 3.46. The van der Waals surface area contributed by atoms with Crippen molar-refractivity contribution in [3.05, 3.63) is 52.2 Å². The van der Waals surface area contributed by atoms with Crippen molar-refractivity contribution in [3.8, 4) is 5.88 Å². The summed E-state index contributed by atoms with van der Waals surface area (Å²) in [6.45, 7) is 3.63. The summed E-state index contributed by atoms with van der Waals surface area (Å²) in [5.41, 5.74) is 2.97. The summed E-state index contributed by atoms with van der Waals surface area (Å²) in [5, 5.41) is 6.75. The van der Waals surface area contributed by atoms with Gasteiger partial charge in [0.15, 0.2) is 4.90 Å². The molecule has 0 radical (unpaired) electrons. The highest BCUT2D eigenvalue weighted by Gasteiger charge is 2.32. The van der Waals surface area contributed by atoms with Gasteiger partial charge in [-0.25, -0.2) is 13.4 Å². The fourth-order valence-electron chi connectivity index (χ4n) is 3.18. The van der Waals surface area contributed by atoms with Gasteiger partial charge in [-0.15, -0.1) is 5.10 Å². The minimum Gasteiger partial charge on any atom is -0.480 e. The molecule has 162 valence electrons. The van der Waals surface area contributed by atoms with Crippen LogP contribution < -0.4 is 14.8 Å². The van der Waals surface area contributed by atoms with Gasteiger partial charge in [0.25, 0.3) is 15.9 Å². The molecule has 0 unspecified atom stereocenters. The number of nitrogens with one attached hydrogen (secondary N) is 2. The molecule has 1 aromatic carbocycles. The minimum atomic E-state index is -4.04. The van der Waals surface area contributed by atoms with Gasteiger partial charge in [-0.05, 0) is 55.4 Å². The number of sulfonamides is 1. The number of carbonyl (C=O) groups excluding carboxylic acids is 1. The van der Waals surface area contributed by atoms with Crippen molar-refractivity contribution in [1.29, 1.82) is 0 Å². The first-order valence-electron chi connectivity index (χ1n) is 9.57. The molecule has 9 nitrogen and oxygen atoms in total. The van der Waals surface area contributed by atoms with Gasteiger partial charge >= 0.3 is 0 Å². The number of hydrogen-bond acceptors (Lipinski definition) is 8. The number of pyridine rings is 1. The van der Waals surface area contributed by atoms with Crippen LogP contribution in [-0.2, 0) is 10.0 Å². The summed E-state index contributed by atoms with van der Waals surface area (Å²) in [6, 6.07) is 6.81. The summed E-state index contributed by atoms with van der Waals surface area (Å²) in [7, 11) is -2.70. The molecule has 4 rings (SSSR count). The number of methoxy groups -OCH3 is 1. The number of benzene rings is 1. The Morgan fingerprint density at radius 2 is 1.94 bits per heavy atom. The van der Waals surface area contributed by atoms with Crippen LogP contribution in [0.5, 0.6) is 5.88 Å². The highest BCUT2D eigenvalue weighted by Crippen LogP contribution is 2.41. The molecular formula is C20H21N5O4S2. The number of para-hydroxylation sites is 1. The lowest BCUT2D eigenvalue weighted by atomic mass is 10.1. The number of aryl methyl sites for hydroxylation is 2. The number of aromatic nitrogens is 3. The Morgan fingerprint density at radius 1 is 1.23 bits per heavy atom. The molecule has 0 aliphatic heterocycles. The largest absolute Gasteiger partial charge is 0.480 e. The van der Waals surface area contributed by atoms with Crippen molar-refractivity contribution in [2.24, 2.45) is 0 Å². The Bertz CT molecular complexity index is 1230. The molecule has 1 aliphatic carbocycles. The SMILES string of the molecule is COc1ncc(NC(=O)c2snnc2C2CC2)cc1S(=O)(=O)Nc1c(C)cccc1C. The Morgan fingerprint density at radius 3 is 2.58 bits per heavy atom. The molecule has 2 aromatic heterocycles. The molecule has 2 heterocycles. The van der Waals surface area contributed by atoms with E-state index in [0.717, 1.165) is 35.5 Å². The zero-order chi connectivity index (χ0) is 22.2. The highest BCUT2D eigenvalue weighted by molar-refractivity contribution is 7.92. The maximum Gasteiger partial charge on any atom is 0.269 e. The van der Waals surface area contributed by atoms with Gasteiger partial charge in [-0.3, -0.25) is 9.52 Å². The second kappa shape index (κ2) is 8.23. The highest BCUT2D eigenvalue weighted by atomic mass is 32.2. The van der Waals surface area contributed by atoms with Crippen LogP contribution in [0.3, 0.4) is 0 Å². The van der Waals surface area contributed by atoms with E-state index in [0.29, 0.717) is 16.3 Å². The molecule has 31 heavy (non-hydrogen) atoms. The molecule has 0 atom stereocenters. The van der Waals surface area contributed by atoms with Crippen LogP contribution in [0.2, 0.25) is 0 Å². The standard InChI is InChI=1S/C20H21N5O4S2/c1-11-5-4-6-12(2)16(11)24-31(27,28)15-9-14(10-21-20(15)29-3)22-19(26)18-17(13-7-8-13)23-25-30-18/h4-6,9-10,13,24H,7-8H2,1-3H3,(H,22,26). The van der Waals surface area contributed by atoms with Crippen LogP contribution in [0, 0.1) is 13.8 Å². The summed E-state index contributed by atoms with van der Waals surface area (Å²) in [5.74, 6) is -0.198. The first-order valence-corrected chi connectivity index (χ1v) is 11.8. The van der Waals surface area contributed by atoms with E-state index in [1.807, 2.05) is 32.0 Å². The topological polar surface area (TPSA) is 123 Å². The average molecular weight is 460 g/mol. The van der Waals surface area contributed by atoms with Gasteiger partial charge in [0.05, 0.1) is 30.4 Å². The third-order valence-corrected chi connectivity index (χ3v) is 7.04. The Kier molecular flexibility index (Phi) is 5.63. The molecule has 11 heteroatoms.